The highest BCUT2D eigenvalue weighted by Gasteiger charge is 2.26. The van der Waals surface area contributed by atoms with Crippen molar-refractivity contribution in [3.8, 4) is 123 Å². The molecular formula is C132H86N4OS. The second-order valence-corrected chi connectivity index (χ2v) is 36.6. The van der Waals surface area contributed by atoms with E-state index in [0.29, 0.717) is 0 Å². The molecule has 0 aliphatic heterocycles. The van der Waals surface area contributed by atoms with Gasteiger partial charge in [0, 0.05) is 119 Å². The molecule has 0 atom stereocenters. The zero-order valence-corrected chi connectivity index (χ0v) is 76.1. The second-order valence-electron chi connectivity index (χ2n) is 35.5. The Bertz CT molecular complexity index is 9580. The molecule has 28 rings (SSSR count). The summed E-state index contributed by atoms with van der Waals surface area (Å²) in [7, 11) is 0. The summed E-state index contributed by atoms with van der Waals surface area (Å²) >= 11 is 1.87. The Morgan fingerprint density at radius 3 is 0.899 bits per heavy atom. The molecule has 0 unspecified atom stereocenters. The topological polar surface area (TPSA) is 32.9 Å². The summed E-state index contributed by atoms with van der Waals surface area (Å²) in [5, 5.41) is 15.0. The number of hydrogen-bond acceptors (Lipinski definition) is 2. The number of hydrogen-bond donors (Lipinski definition) is 0. The van der Waals surface area contributed by atoms with Crippen molar-refractivity contribution in [1.29, 1.82) is 0 Å². The fourth-order valence-corrected chi connectivity index (χ4v) is 22.8. The lowest BCUT2D eigenvalue weighted by atomic mass is 9.95. The number of furan rings is 1. The van der Waals surface area contributed by atoms with Gasteiger partial charge in [0.15, 0.2) is 0 Å². The first-order valence-corrected chi connectivity index (χ1v) is 48.1. The second kappa shape index (κ2) is 34.3. The van der Waals surface area contributed by atoms with Gasteiger partial charge in [-0.1, -0.05) is 425 Å². The largest absolute Gasteiger partial charge is 0.456 e. The zero-order chi connectivity index (χ0) is 91.1. The molecule has 0 aliphatic carbocycles. The Morgan fingerprint density at radius 1 is 0.152 bits per heavy atom. The van der Waals surface area contributed by atoms with Gasteiger partial charge in [-0.05, 0) is 158 Å². The summed E-state index contributed by atoms with van der Waals surface area (Å²) in [6.45, 7) is 0. The van der Waals surface area contributed by atoms with E-state index in [1.165, 1.54) is 219 Å². The summed E-state index contributed by atoms with van der Waals surface area (Å²) in [5.74, 6) is 0. The molecule has 6 heteroatoms. The predicted molar refractivity (Wildman–Crippen MR) is 586 cm³/mol. The van der Waals surface area contributed by atoms with Crippen LogP contribution in [0.2, 0.25) is 0 Å². The van der Waals surface area contributed by atoms with Crippen LogP contribution in [0.15, 0.2) is 526 Å². The van der Waals surface area contributed by atoms with E-state index in [-0.39, 0.29) is 0 Å². The van der Waals surface area contributed by atoms with Crippen LogP contribution in [0.3, 0.4) is 0 Å². The highest BCUT2D eigenvalue weighted by Crippen LogP contribution is 2.49. The minimum absolute atomic E-state index is 0.914. The lowest BCUT2D eigenvalue weighted by Crippen LogP contribution is -1.98. The van der Waals surface area contributed by atoms with E-state index >= 15 is 0 Å². The van der Waals surface area contributed by atoms with Gasteiger partial charge in [0.1, 0.15) is 11.2 Å². The maximum atomic E-state index is 6.10. The van der Waals surface area contributed by atoms with Gasteiger partial charge in [0.2, 0.25) is 0 Å². The Hall–Kier alpha value is -17.9. The fourth-order valence-electron chi connectivity index (χ4n) is 21.7. The van der Waals surface area contributed by atoms with Gasteiger partial charge >= 0.3 is 0 Å². The maximum Gasteiger partial charge on any atom is 0.135 e. The van der Waals surface area contributed by atoms with Gasteiger partial charge in [-0.25, -0.2) is 0 Å². The normalized spacial score (nSPS) is 11.6. The number of aromatic nitrogens is 4. The highest BCUT2D eigenvalue weighted by atomic mass is 32.1. The molecule has 28 aromatic rings. The summed E-state index contributed by atoms with van der Waals surface area (Å²) in [5.41, 5.74) is 38.0. The summed E-state index contributed by atoms with van der Waals surface area (Å²) < 4.78 is 18.6. The predicted octanol–water partition coefficient (Wildman–Crippen LogP) is 36.7. The molecule has 6 heterocycles. The molecule has 6 aromatic heterocycles. The first-order valence-electron chi connectivity index (χ1n) is 47.3. The smallest absolute Gasteiger partial charge is 0.135 e. The molecule has 0 aliphatic rings. The van der Waals surface area contributed by atoms with E-state index in [2.05, 4.69) is 528 Å². The van der Waals surface area contributed by atoms with E-state index in [0.717, 1.165) is 33.3 Å². The van der Waals surface area contributed by atoms with E-state index in [4.69, 9.17) is 4.42 Å². The number of nitrogens with zero attached hydrogens (tertiary/aromatic N) is 4. The number of rotatable bonds is 13. The van der Waals surface area contributed by atoms with Gasteiger partial charge in [-0.15, -0.1) is 11.3 Å². The Kier molecular flexibility index (Phi) is 20.1. The molecule has 0 N–H and O–H groups in total. The van der Waals surface area contributed by atoms with Gasteiger partial charge in [-0.3, -0.25) is 0 Å². The van der Waals surface area contributed by atoms with Crippen LogP contribution in [-0.2, 0) is 0 Å². The molecule has 646 valence electrons. The van der Waals surface area contributed by atoms with Crippen LogP contribution in [0.4, 0.5) is 0 Å². The molecule has 0 bridgehead atoms. The highest BCUT2D eigenvalue weighted by molar-refractivity contribution is 7.26. The summed E-state index contributed by atoms with van der Waals surface area (Å²) in [6, 6.07) is 188. The molecule has 0 saturated carbocycles. The third-order valence-electron chi connectivity index (χ3n) is 27.8. The molecule has 0 radical (unpaired) electrons. The van der Waals surface area contributed by atoms with Gasteiger partial charge < -0.3 is 22.7 Å². The first-order chi connectivity index (χ1) is 68.5. The van der Waals surface area contributed by atoms with E-state index in [1.807, 2.05) is 23.5 Å². The lowest BCUT2D eigenvalue weighted by Gasteiger charge is -2.16. The molecular weight excluding hydrogens is 1690 g/mol. The van der Waals surface area contributed by atoms with E-state index < -0.39 is 0 Å². The SMILES string of the molecule is c1ccc(-c2cccc3c4ccccc4n(-c4ccccc4-c4ccc(-c5cccc6c7ccccc7n(-c7ccccc7)c56)cc4)c23)cc1.c1ccc(-c2cccc3c4ccccc4n(-c4ccccc4-c4cccc(-c5ccc6oc7ccccc7c6c5)c4)c23)cc1.c1ccc(-c2cccc3c4ccccc4n(-c4ccccc4-c4cccc(-c5cccc6sc7ccccc7c56)c4)c23)cc1. The van der Waals surface area contributed by atoms with E-state index in [1.54, 1.807) is 0 Å². The van der Waals surface area contributed by atoms with Gasteiger partial charge in [0.05, 0.1) is 61.2 Å². The quantitative estimate of drug-likeness (QED) is 0.113. The third kappa shape index (κ3) is 13.8. The minimum Gasteiger partial charge on any atom is -0.456 e. The maximum absolute atomic E-state index is 6.10. The zero-order valence-electron chi connectivity index (χ0n) is 75.3. The van der Waals surface area contributed by atoms with Crippen molar-refractivity contribution in [3.05, 3.63) is 522 Å². The van der Waals surface area contributed by atoms with Crippen molar-refractivity contribution in [2.45, 2.75) is 0 Å². The molecule has 5 nitrogen and oxygen atoms in total. The number of benzene rings is 22. The first kappa shape index (κ1) is 80.9. The van der Waals surface area contributed by atoms with Crippen molar-refractivity contribution in [2.75, 3.05) is 0 Å². The summed E-state index contributed by atoms with van der Waals surface area (Å²) in [4.78, 5) is 0. The number of fused-ring (bicyclic) bond motifs is 18. The van der Waals surface area contributed by atoms with Crippen molar-refractivity contribution in [2.24, 2.45) is 0 Å². The van der Waals surface area contributed by atoms with Crippen molar-refractivity contribution in [3.63, 3.8) is 0 Å². The number of para-hydroxylation sites is 13. The molecule has 0 fully saturated rings. The van der Waals surface area contributed by atoms with Crippen molar-refractivity contribution < 1.29 is 4.42 Å². The monoisotopic (exact) mass is 1770 g/mol. The standard InChI is InChI=1S/C48H32N2.C42H27NO.C42H27NS/c1-3-15-33(16-4-1)38-22-13-25-43-41-21-9-12-28-46(41)50(48(38)43)44-26-10-7-19-37(44)34-29-31-35(32-30-34)39-23-14-24-42-40-20-8-11-27-45(40)49(47(39)42)36-17-5-2-6-18-36;1-2-12-28(13-3-1)33-19-11-20-36-34-17-5-8-22-39(34)43(42(33)36)38-21-7-4-16-32(38)31-15-10-14-29(26-31)30-24-25-41-37(27-30)35-18-6-9-23-40(35)44-41;1-2-13-28(14-3-1)33-21-11-22-35-34-18-5-8-24-38(34)43(42(33)35)37-23-7-4-17-31(37)29-15-10-16-30(27-29)32-20-12-26-40-41(32)36-19-6-9-25-39(36)44-40/h1-32H;2*1-27H. The Labute approximate surface area is 802 Å². The third-order valence-corrected chi connectivity index (χ3v) is 28.9. The van der Waals surface area contributed by atoms with Crippen LogP contribution in [0, 0.1) is 0 Å². The molecule has 0 spiro atoms. The van der Waals surface area contributed by atoms with Crippen LogP contribution >= 0.6 is 11.3 Å². The molecule has 138 heavy (non-hydrogen) atoms. The molecule has 0 amide bonds. The van der Waals surface area contributed by atoms with Gasteiger partial charge in [0.25, 0.3) is 0 Å². The van der Waals surface area contributed by atoms with Crippen LogP contribution in [0.5, 0.6) is 0 Å². The minimum atomic E-state index is 0.914. The molecule has 22 aromatic carbocycles. The lowest BCUT2D eigenvalue weighted by molar-refractivity contribution is 0.669. The average molecular weight is 1780 g/mol. The fraction of sp³-hybridized carbons (Fsp3) is 0. The van der Waals surface area contributed by atoms with Crippen LogP contribution < -0.4 is 0 Å². The van der Waals surface area contributed by atoms with Gasteiger partial charge in [-0.2, -0.15) is 0 Å². The number of thiophene rings is 1. The van der Waals surface area contributed by atoms with Crippen molar-refractivity contribution >= 4 is 141 Å². The molecule has 0 saturated heterocycles. The summed E-state index contributed by atoms with van der Waals surface area (Å²) in [6.07, 6.45) is 0. The Balaban J connectivity index is 0.000000107. The van der Waals surface area contributed by atoms with Crippen molar-refractivity contribution in [1.82, 2.24) is 18.3 Å². The van der Waals surface area contributed by atoms with Crippen LogP contribution in [0.25, 0.3) is 252 Å². The average Bonchev–Trinajstić information content (AvgIpc) is 1.59. The van der Waals surface area contributed by atoms with Crippen LogP contribution in [0.1, 0.15) is 0 Å². The van der Waals surface area contributed by atoms with Crippen LogP contribution in [-0.4, -0.2) is 18.3 Å². The Morgan fingerprint density at radius 2 is 0.428 bits per heavy atom. The van der Waals surface area contributed by atoms with E-state index in [9.17, 15) is 0 Å².